The molecule has 220 valence electrons. The van der Waals surface area contributed by atoms with Crippen LogP contribution in [0, 0.1) is 0 Å². The SMILES string of the molecule is CCS(=O)(=O)c1ccccc1Cn1c(=O)c(-c2cccnc2)cc2cnc(Nc3ccc(N4CCN(C)CC4)cc3)nc21. The van der Waals surface area contributed by atoms with E-state index in [1.165, 1.54) is 4.57 Å². The molecule has 0 amide bonds. The van der Waals surface area contributed by atoms with Gasteiger partial charge in [0.1, 0.15) is 5.65 Å². The predicted molar refractivity (Wildman–Crippen MR) is 170 cm³/mol. The summed E-state index contributed by atoms with van der Waals surface area (Å²) in [6.07, 6.45) is 4.95. The second kappa shape index (κ2) is 11.9. The molecule has 43 heavy (non-hydrogen) atoms. The Hall–Kier alpha value is -4.61. The normalized spacial score (nSPS) is 14.2. The Kier molecular flexibility index (Phi) is 7.92. The molecule has 0 atom stereocenters. The summed E-state index contributed by atoms with van der Waals surface area (Å²) in [6.45, 7) is 5.67. The molecule has 10 nitrogen and oxygen atoms in total. The molecule has 1 saturated heterocycles. The quantitative estimate of drug-likeness (QED) is 0.282. The number of hydrogen-bond acceptors (Lipinski definition) is 9. The minimum absolute atomic E-state index is 0.0228. The Labute approximate surface area is 250 Å². The highest BCUT2D eigenvalue weighted by atomic mass is 32.2. The van der Waals surface area contributed by atoms with Crippen LogP contribution in [0.25, 0.3) is 22.2 Å². The van der Waals surface area contributed by atoms with Crippen molar-refractivity contribution in [2.24, 2.45) is 0 Å². The highest BCUT2D eigenvalue weighted by molar-refractivity contribution is 7.91. The van der Waals surface area contributed by atoms with Crippen LogP contribution >= 0.6 is 0 Å². The number of anilines is 3. The summed E-state index contributed by atoms with van der Waals surface area (Å²) in [7, 11) is -1.38. The van der Waals surface area contributed by atoms with E-state index in [1.807, 2.05) is 18.2 Å². The summed E-state index contributed by atoms with van der Waals surface area (Å²) >= 11 is 0. The highest BCUT2D eigenvalue weighted by Crippen LogP contribution is 2.25. The first-order valence-corrected chi connectivity index (χ1v) is 15.9. The van der Waals surface area contributed by atoms with Crippen LogP contribution < -0.4 is 15.8 Å². The van der Waals surface area contributed by atoms with Gasteiger partial charge in [0.05, 0.1) is 17.2 Å². The average molecular weight is 596 g/mol. The Morgan fingerprint density at radius 1 is 0.930 bits per heavy atom. The third-order valence-corrected chi connectivity index (χ3v) is 9.64. The van der Waals surface area contributed by atoms with Gasteiger partial charge in [0.2, 0.25) is 5.95 Å². The fourth-order valence-corrected chi connectivity index (χ4v) is 6.44. The van der Waals surface area contributed by atoms with Gasteiger partial charge in [0.15, 0.2) is 9.84 Å². The molecular weight excluding hydrogens is 562 g/mol. The van der Waals surface area contributed by atoms with E-state index in [4.69, 9.17) is 4.98 Å². The van der Waals surface area contributed by atoms with E-state index in [-0.39, 0.29) is 22.8 Å². The van der Waals surface area contributed by atoms with Crippen molar-refractivity contribution in [1.82, 2.24) is 24.4 Å². The lowest BCUT2D eigenvalue weighted by atomic mass is 10.1. The first-order chi connectivity index (χ1) is 20.8. The van der Waals surface area contributed by atoms with Crippen LogP contribution in [0.3, 0.4) is 0 Å². The van der Waals surface area contributed by atoms with E-state index < -0.39 is 9.84 Å². The second-order valence-electron chi connectivity index (χ2n) is 10.6. The topological polar surface area (TPSA) is 113 Å². The van der Waals surface area contributed by atoms with E-state index in [2.05, 4.69) is 44.3 Å². The number of benzene rings is 2. The molecule has 0 radical (unpaired) electrons. The molecule has 11 heteroatoms. The third-order valence-electron chi connectivity index (χ3n) is 7.81. The fourth-order valence-electron chi connectivity index (χ4n) is 5.31. The lowest BCUT2D eigenvalue weighted by Crippen LogP contribution is -2.44. The lowest BCUT2D eigenvalue weighted by Gasteiger charge is -2.34. The van der Waals surface area contributed by atoms with Crippen LogP contribution in [0.4, 0.5) is 17.3 Å². The van der Waals surface area contributed by atoms with Gasteiger partial charge in [0.25, 0.3) is 5.56 Å². The van der Waals surface area contributed by atoms with Gasteiger partial charge in [-0.25, -0.2) is 13.4 Å². The zero-order valence-electron chi connectivity index (χ0n) is 24.1. The minimum atomic E-state index is -3.52. The minimum Gasteiger partial charge on any atom is -0.369 e. The van der Waals surface area contributed by atoms with E-state index >= 15 is 0 Å². The van der Waals surface area contributed by atoms with Crippen LogP contribution in [0.1, 0.15) is 12.5 Å². The van der Waals surface area contributed by atoms with Gasteiger partial charge in [-0.15, -0.1) is 0 Å². The number of pyridine rings is 2. The standard InChI is InChI=1S/C32H33N7O3S/c1-3-43(41,42)29-9-5-4-7-24(29)22-39-30-25(19-28(31(39)40)23-8-6-14-33-20-23)21-34-32(36-30)35-26-10-12-27(13-11-26)38-17-15-37(2)16-18-38/h4-14,19-21H,3,15-18,22H2,1-2H3,(H,34,35,36). The number of fused-ring (bicyclic) bond motifs is 1. The Morgan fingerprint density at radius 2 is 1.70 bits per heavy atom. The lowest BCUT2D eigenvalue weighted by molar-refractivity contribution is 0.313. The van der Waals surface area contributed by atoms with E-state index in [0.717, 1.165) is 37.6 Å². The predicted octanol–water partition coefficient (Wildman–Crippen LogP) is 4.19. The van der Waals surface area contributed by atoms with Crippen molar-refractivity contribution < 1.29 is 8.42 Å². The highest BCUT2D eigenvalue weighted by Gasteiger charge is 2.20. The molecule has 0 unspecified atom stereocenters. The van der Waals surface area contributed by atoms with Gasteiger partial charge >= 0.3 is 0 Å². The largest absolute Gasteiger partial charge is 0.369 e. The number of hydrogen-bond donors (Lipinski definition) is 1. The molecule has 3 aromatic heterocycles. The van der Waals surface area contributed by atoms with Gasteiger partial charge in [-0.1, -0.05) is 31.2 Å². The molecule has 1 aliphatic rings. The molecule has 1 fully saturated rings. The zero-order valence-corrected chi connectivity index (χ0v) is 25.0. The molecule has 2 aromatic carbocycles. The maximum atomic E-state index is 14.0. The molecule has 0 bridgehead atoms. The van der Waals surface area contributed by atoms with Crippen molar-refractivity contribution >= 4 is 38.2 Å². The molecule has 6 rings (SSSR count). The van der Waals surface area contributed by atoms with E-state index in [1.54, 1.807) is 61.9 Å². The van der Waals surface area contributed by atoms with Gasteiger partial charge in [-0.05, 0) is 55.1 Å². The molecule has 0 spiro atoms. The Balaban J connectivity index is 1.39. The van der Waals surface area contributed by atoms with Gasteiger partial charge in [-0.3, -0.25) is 14.3 Å². The van der Waals surface area contributed by atoms with Crippen LogP contribution in [-0.4, -0.2) is 71.8 Å². The second-order valence-corrected chi connectivity index (χ2v) is 12.9. The van der Waals surface area contributed by atoms with Gasteiger partial charge < -0.3 is 15.1 Å². The monoisotopic (exact) mass is 595 g/mol. The number of rotatable bonds is 8. The summed E-state index contributed by atoms with van der Waals surface area (Å²) in [4.78, 5) is 32.4. The van der Waals surface area contributed by atoms with Gasteiger partial charge in [-0.2, -0.15) is 4.98 Å². The maximum absolute atomic E-state index is 14.0. The van der Waals surface area contributed by atoms with Crippen LogP contribution in [0.15, 0.2) is 95.0 Å². The average Bonchev–Trinajstić information content (AvgIpc) is 3.04. The summed E-state index contributed by atoms with van der Waals surface area (Å²) in [5, 5.41) is 3.91. The molecule has 0 saturated carbocycles. The van der Waals surface area contributed by atoms with Crippen molar-refractivity contribution in [3.8, 4) is 11.1 Å². The van der Waals surface area contributed by atoms with E-state index in [0.29, 0.717) is 33.7 Å². The third kappa shape index (κ3) is 5.99. The molecule has 5 aromatic rings. The summed E-state index contributed by atoms with van der Waals surface area (Å²) < 4.78 is 27.3. The van der Waals surface area contributed by atoms with Crippen molar-refractivity contribution in [2.75, 3.05) is 49.2 Å². The fraction of sp³-hybridized carbons (Fsp3) is 0.250. The summed E-state index contributed by atoms with van der Waals surface area (Å²) in [5.74, 6) is 0.288. The molecule has 4 heterocycles. The number of piperazine rings is 1. The van der Waals surface area contributed by atoms with Crippen molar-refractivity contribution in [3.63, 3.8) is 0 Å². The number of likely N-dealkylation sites (N-methyl/N-ethyl adjacent to an activating group) is 1. The van der Waals surface area contributed by atoms with Crippen LogP contribution in [0.2, 0.25) is 0 Å². The van der Waals surface area contributed by atoms with Crippen LogP contribution in [0.5, 0.6) is 0 Å². The number of aromatic nitrogens is 4. The summed E-state index contributed by atoms with van der Waals surface area (Å²) in [5.41, 5.74) is 3.68. The van der Waals surface area contributed by atoms with Crippen molar-refractivity contribution in [2.45, 2.75) is 18.4 Å². The van der Waals surface area contributed by atoms with Crippen LogP contribution in [-0.2, 0) is 16.4 Å². The first kappa shape index (κ1) is 28.5. The van der Waals surface area contributed by atoms with E-state index in [9.17, 15) is 13.2 Å². The smallest absolute Gasteiger partial charge is 0.260 e. The molecule has 0 aliphatic carbocycles. The number of sulfone groups is 1. The molecular formula is C32H33N7O3S. The number of nitrogens with zero attached hydrogens (tertiary/aromatic N) is 6. The van der Waals surface area contributed by atoms with Crippen molar-refractivity contribution in [1.29, 1.82) is 0 Å². The van der Waals surface area contributed by atoms with Gasteiger partial charge in [0, 0.05) is 72.7 Å². The molecule has 1 aliphatic heterocycles. The Morgan fingerprint density at radius 3 is 2.42 bits per heavy atom. The molecule has 1 N–H and O–H groups in total. The first-order valence-electron chi connectivity index (χ1n) is 14.2. The number of nitrogens with one attached hydrogen (secondary N) is 1. The van der Waals surface area contributed by atoms with Crippen molar-refractivity contribution in [3.05, 3.63) is 101 Å². The summed E-state index contributed by atoms with van der Waals surface area (Å²) in [6, 6.07) is 20.3. The Bertz CT molecular complexity index is 1920. The maximum Gasteiger partial charge on any atom is 0.260 e. The zero-order chi connectivity index (χ0) is 30.0.